The average Bonchev–Trinajstić information content (AvgIpc) is 2.19. The van der Waals surface area contributed by atoms with Gasteiger partial charge < -0.3 is 10.2 Å². The maximum Gasteiger partial charge on any atom is 0.213 e. The van der Waals surface area contributed by atoms with Gasteiger partial charge in [0.05, 0.1) is 13.7 Å². The lowest BCUT2D eigenvalue weighted by Crippen LogP contribution is -2.35. The van der Waals surface area contributed by atoms with Crippen molar-refractivity contribution in [3.63, 3.8) is 0 Å². The van der Waals surface area contributed by atoms with Crippen LogP contribution in [0.4, 0.5) is 0 Å². The Bertz CT molecular complexity index is 181. The van der Waals surface area contributed by atoms with Crippen molar-refractivity contribution >= 4 is 5.90 Å². The molecule has 1 aliphatic heterocycles. The van der Waals surface area contributed by atoms with Crippen molar-refractivity contribution in [2.75, 3.05) is 26.7 Å². The number of hydroxylamine groups is 2. The van der Waals surface area contributed by atoms with Crippen LogP contribution in [0.25, 0.3) is 0 Å². The van der Waals surface area contributed by atoms with Crippen LogP contribution in [-0.2, 0) is 9.68 Å². The fraction of sp³-hybridized carbons (Fsp3) is 0.889. The third kappa shape index (κ3) is 3.61. The monoisotopic (exact) mass is 201 g/mol. The summed E-state index contributed by atoms with van der Waals surface area (Å²) in [5.74, 6) is 0.543. The summed E-state index contributed by atoms with van der Waals surface area (Å²) in [4.78, 5) is 10.3. The van der Waals surface area contributed by atoms with Crippen LogP contribution in [0.15, 0.2) is 0 Å². The molecule has 2 N–H and O–H groups in total. The van der Waals surface area contributed by atoms with E-state index in [2.05, 4.69) is 5.32 Å². The minimum absolute atomic E-state index is 0.235. The smallest absolute Gasteiger partial charge is 0.213 e. The summed E-state index contributed by atoms with van der Waals surface area (Å²) < 4.78 is 0. The predicted molar refractivity (Wildman–Crippen MR) is 53.8 cm³/mol. The van der Waals surface area contributed by atoms with Crippen LogP contribution in [0.5, 0.6) is 0 Å². The molecule has 0 aromatic carbocycles. The van der Waals surface area contributed by atoms with Gasteiger partial charge in [-0.2, -0.15) is 0 Å². The summed E-state index contributed by atoms with van der Waals surface area (Å²) >= 11 is 0. The van der Waals surface area contributed by atoms with E-state index in [9.17, 15) is 0 Å². The summed E-state index contributed by atoms with van der Waals surface area (Å²) in [5.41, 5.74) is 0. The molecule has 1 fully saturated rings. The molecule has 0 spiro atoms. The fourth-order valence-corrected chi connectivity index (χ4v) is 1.51. The van der Waals surface area contributed by atoms with Gasteiger partial charge in [0.15, 0.2) is 0 Å². The Labute approximate surface area is 84.8 Å². The van der Waals surface area contributed by atoms with Crippen LogP contribution in [0.3, 0.4) is 0 Å². The van der Waals surface area contributed by atoms with Gasteiger partial charge in [-0.1, -0.05) is 0 Å². The predicted octanol–water partition coefficient (Wildman–Crippen LogP) is 0.778. The lowest BCUT2D eigenvalue weighted by atomic mass is 9.98. The molecule has 0 radical (unpaired) electrons. The minimum atomic E-state index is 0.235. The van der Waals surface area contributed by atoms with E-state index >= 15 is 0 Å². The number of hydrogen-bond acceptors (Lipinski definition) is 5. The van der Waals surface area contributed by atoms with Gasteiger partial charge in [0.2, 0.25) is 5.90 Å². The Morgan fingerprint density at radius 1 is 1.50 bits per heavy atom. The van der Waals surface area contributed by atoms with E-state index in [0.717, 1.165) is 25.9 Å². The van der Waals surface area contributed by atoms with Crippen molar-refractivity contribution in [2.45, 2.75) is 19.8 Å². The quantitative estimate of drug-likeness (QED) is 0.401. The van der Waals surface area contributed by atoms with Crippen LogP contribution in [0.1, 0.15) is 19.8 Å². The number of piperidine rings is 1. The molecular formula is C9H19N3O2. The molecule has 5 heteroatoms. The van der Waals surface area contributed by atoms with Crippen LogP contribution in [-0.4, -0.2) is 37.9 Å². The number of nitrogens with zero attached hydrogens (tertiary/aromatic N) is 1. The SMILES string of the molecule is CCON(C)OC(=N)C1CCNCC1. The average molecular weight is 201 g/mol. The Morgan fingerprint density at radius 3 is 2.71 bits per heavy atom. The maximum absolute atomic E-state index is 7.72. The van der Waals surface area contributed by atoms with Crippen molar-refractivity contribution in [3.05, 3.63) is 0 Å². The van der Waals surface area contributed by atoms with Gasteiger partial charge in [-0.25, -0.2) is 0 Å². The second-order valence-electron chi connectivity index (χ2n) is 3.34. The molecule has 82 valence electrons. The van der Waals surface area contributed by atoms with Gasteiger partial charge in [-0.3, -0.25) is 10.2 Å². The molecule has 5 nitrogen and oxygen atoms in total. The van der Waals surface area contributed by atoms with E-state index in [0.29, 0.717) is 12.5 Å². The molecular weight excluding hydrogens is 182 g/mol. The Balaban J connectivity index is 2.25. The lowest BCUT2D eigenvalue weighted by molar-refractivity contribution is -0.310. The number of hydrogen-bond donors (Lipinski definition) is 2. The third-order valence-corrected chi connectivity index (χ3v) is 2.25. The Hall–Kier alpha value is -0.650. The molecule has 0 saturated carbocycles. The highest BCUT2D eigenvalue weighted by atomic mass is 16.9. The molecule has 0 bridgehead atoms. The summed E-state index contributed by atoms with van der Waals surface area (Å²) in [6.45, 7) is 4.37. The molecule has 0 amide bonds. The van der Waals surface area contributed by atoms with Crippen molar-refractivity contribution in [1.29, 1.82) is 5.41 Å². The molecule has 0 aromatic heterocycles. The highest BCUT2D eigenvalue weighted by molar-refractivity contribution is 5.75. The van der Waals surface area contributed by atoms with E-state index in [-0.39, 0.29) is 5.92 Å². The van der Waals surface area contributed by atoms with Gasteiger partial charge in [0, 0.05) is 5.92 Å². The van der Waals surface area contributed by atoms with Gasteiger partial charge in [0.25, 0.3) is 0 Å². The first-order chi connectivity index (χ1) is 6.74. The van der Waals surface area contributed by atoms with E-state index in [1.54, 1.807) is 7.05 Å². The minimum Gasteiger partial charge on any atom is -0.365 e. The van der Waals surface area contributed by atoms with Gasteiger partial charge in [-0.15, -0.1) is 0 Å². The summed E-state index contributed by atoms with van der Waals surface area (Å²) in [5, 5.41) is 12.2. The Kier molecular flexibility index (Phi) is 4.86. The lowest BCUT2D eigenvalue weighted by Gasteiger charge is -2.25. The highest BCUT2D eigenvalue weighted by Gasteiger charge is 2.20. The van der Waals surface area contributed by atoms with Gasteiger partial charge >= 0.3 is 0 Å². The molecule has 0 aliphatic carbocycles. The maximum atomic E-state index is 7.72. The molecule has 1 saturated heterocycles. The topological polar surface area (TPSA) is 57.6 Å². The van der Waals surface area contributed by atoms with Gasteiger partial charge in [-0.05, 0) is 38.1 Å². The van der Waals surface area contributed by atoms with Crippen LogP contribution >= 0.6 is 0 Å². The zero-order valence-electron chi connectivity index (χ0n) is 8.88. The zero-order chi connectivity index (χ0) is 10.4. The molecule has 0 unspecified atom stereocenters. The molecule has 1 rings (SSSR count). The van der Waals surface area contributed by atoms with Crippen molar-refractivity contribution < 1.29 is 9.68 Å². The second-order valence-corrected chi connectivity index (χ2v) is 3.34. The van der Waals surface area contributed by atoms with E-state index < -0.39 is 0 Å². The molecule has 14 heavy (non-hydrogen) atoms. The van der Waals surface area contributed by atoms with E-state index in [4.69, 9.17) is 15.1 Å². The normalized spacial score (nSPS) is 18.5. The van der Waals surface area contributed by atoms with Gasteiger partial charge in [0.1, 0.15) is 0 Å². The molecule has 1 heterocycles. The van der Waals surface area contributed by atoms with Crippen LogP contribution < -0.4 is 5.32 Å². The molecule has 0 aromatic rings. The standard InChI is InChI=1S/C9H19N3O2/c1-3-13-12(2)14-9(10)8-4-6-11-7-5-8/h8,10-11H,3-7H2,1-2H3. The van der Waals surface area contributed by atoms with Crippen LogP contribution in [0, 0.1) is 11.3 Å². The summed E-state index contributed by atoms with van der Waals surface area (Å²) in [6.07, 6.45) is 1.94. The highest BCUT2D eigenvalue weighted by Crippen LogP contribution is 2.14. The first-order valence-electron chi connectivity index (χ1n) is 5.07. The van der Waals surface area contributed by atoms with Crippen LogP contribution in [0.2, 0.25) is 0 Å². The van der Waals surface area contributed by atoms with E-state index in [1.807, 2.05) is 6.92 Å². The zero-order valence-corrected chi connectivity index (χ0v) is 8.88. The Morgan fingerprint density at radius 2 is 2.14 bits per heavy atom. The van der Waals surface area contributed by atoms with E-state index in [1.165, 1.54) is 5.23 Å². The summed E-state index contributed by atoms with van der Waals surface area (Å²) in [6, 6.07) is 0. The first kappa shape index (κ1) is 11.4. The fourth-order valence-electron chi connectivity index (χ4n) is 1.51. The molecule has 0 atom stereocenters. The summed E-state index contributed by atoms with van der Waals surface area (Å²) in [7, 11) is 1.67. The molecule has 1 aliphatic rings. The van der Waals surface area contributed by atoms with Crippen molar-refractivity contribution in [2.24, 2.45) is 5.92 Å². The number of rotatable bonds is 4. The van der Waals surface area contributed by atoms with Crippen molar-refractivity contribution in [3.8, 4) is 0 Å². The third-order valence-electron chi connectivity index (χ3n) is 2.25. The second kappa shape index (κ2) is 5.95. The first-order valence-corrected chi connectivity index (χ1v) is 5.07. The number of nitrogens with one attached hydrogen (secondary N) is 2. The largest absolute Gasteiger partial charge is 0.365 e. The van der Waals surface area contributed by atoms with Crippen molar-refractivity contribution in [1.82, 2.24) is 10.5 Å².